The molecule has 1 nitrogen and oxygen atoms in total. The zero-order valence-corrected chi connectivity index (χ0v) is 9.87. The van der Waals surface area contributed by atoms with Crippen LogP contribution in [0.15, 0.2) is 24.3 Å². The Kier molecular flexibility index (Phi) is 3.42. The van der Waals surface area contributed by atoms with Crippen molar-refractivity contribution in [3.63, 3.8) is 0 Å². The van der Waals surface area contributed by atoms with Gasteiger partial charge in [0.1, 0.15) is 5.75 Å². The molecule has 0 saturated carbocycles. The first-order valence-electron chi connectivity index (χ1n) is 5.09. The first-order valence-corrected chi connectivity index (χ1v) is 5.09. The molecule has 0 saturated heterocycles. The van der Waals surface area contributed by atoms with Crippen molar-refractivity contribution in [1.29, 1.82) is 0 Å². The summed E-state index contributed by atoms with van der Waals surface area (Å²) >= 11 is 0. The fourth-order valence-electron chi connectivity index (χ4n) is 1.71. The van der Waals surface area contributed by atoms with Crippen LogP contribution < -0.4 is 4.74 Å². The maximum atomic E-state index is 5.61. The second kappa shape index (κ2) is 4.40. The van der Waals surface area contributed by atoms with Gasteiger partial charge in [-0.05, 0) is 11.5 Å². The third-order valence-electron chi connectivity index (χ3n) is 2.48. The van der Waals surface area contributed by atoms with Gasteiger partial charge in [-0.25, -0.2) is 0 Å². The van der Waals surface area contributed by atoms with E-state index in [1.807, 2.05) is 24.3 Å². The van der Waals surface area contributed by atoms with Gasteiger partial charge in [0.05, 0.1) is 13.0 Å². The molecule has 0 aliphatic rings. The van der Waals surface area contributed by atoms with Gasteiger partial charge in [-0.3, -0.25) is 0 Å². The molecule has 0 fully saturated rings. The van der Waals surface area contributed by atoms with Gasteiger partial charge < -0.3 is 4.74 Å². The number of rotatable bonds is 2. The van der Waals surface area contributed by atoms with Gasteiger partial charge in [0.2, 0.25) is 0 Å². The molecule has 0 amide bonds. The number of methoxy groups -OCH3 is 1. The van der Waals surface area contributed by atoms with Crippen LogP contribution in [0.2, 0.25) is 0 Å². The summed E-state index contributed by atoms with van der Waals surface area (Å²) in [6.07, 6.45) is 5.61. The summed E-state index contributed by atoms with van der Waals surface area (Å²) in [7, 11) is 1.68. The third kappa shape index (κ3) is 2.53. The number of hydrogen-bond acceptors (Lipinski definition) is 1. The molecule has 0 aliphatic heterocycles. The molecule has 1 aromatic rings. The van der Waals surface area contributed by atoms with Gasteiger partial charge in [0.25, 0.3) is 0 Å². The highest BCUT2D eigenvalue weighted by molar-refractivity contribution is 5.41. The van der Waals surface area contributed by atoms with E-state index in [0.717, 1.165) is 11.3 Å². The first-order chi connectivity index (χ1) is 7.00. The van der Waals surface area contributed by atoms with Gasteiger partial charge >= 0.3 is 0 Å². The molecule has 0 spiro atoms. The summed E-state index contributed by atoms with van der Waals surface area (Å²) in [5.74, 6) is 3.80. The predicted octanol–water partition coefficient (Wildman–Crippen LogP) is 3.46. The zero-order valence-electron chi connectivity index (χ0n) is 9.87. The third-order valence-corrected chi connectivity index (χ3v) is 2.48. The largest absolute Gasteiger partial charge is 0.496 e. The van der Waals surface area contributed by atoms with Crippen LogP contribution >= 0.6 is 0 Å². The average Bonchev–Trinajstić information content (AvgIpc) is 2.17. The van der Waals surface area contributed by atoms with E-state index in [-0.39, 0.29) is 11.3 Å². The quantitative estimate of drug-likeness (QED) is 0.667. The number of benzene rings is 1. The summed E-state index contributed by atoms with van der Waals surface area (Å²) in [4.78, 5) is 0. The molecule has 0 radical (unpaired) electrons. The van der Waals surface area contributed by atoms with Gasteiger partial charge in [-0.2, -0.15) is 0 Å². The lowest BCUT2D eigenvalue weighted by Gasteiger charge is -2.27. The molecule has 15 heavy (non-hydrogen) atoms. The summed E-state index contributed by atoms with van der Waals surface area (Å²) in [5, 5.41) is 0. The minimum atomic E-state index is 0.0450. The van der Waals surface area contributed by atoms with E-state index < -0.39 is 0 Å². The minimum Gasteiger partial charge on any atom is -0.496 e. The fraction of sp³-hybridized carbons (Fsp3) is 0.429. The van der Waals surface area contributed by atoms with E-state index in [9.17, 15) is 0 Å². The van der Waals surface area contributed by atoms with E-state index in [1.165, 1.54) is 0 Å². The highest BCUT2D eigenvalue weighted by Gasteiger charge is 2.26. The molecule has 0 aliphatic carbocycles. The van der Waals surface area contributed by atoms with E-state index in [0.29, 0.717) is 0 Å². The molecule has 0 bridgehead atoms. The van der Waals surface area contributed by atoms with Crippen molar-refractivity contribution in [3.8, 4) is 18.1 Å². The minimum absolute atomic E-state index is 0.0450. The van der Waals surface area contributed by atoms with Crippen molar-refractivity contribution in [2.75, 3.05) is 7.11 Å². The van der Waals surface area contributed by atoms with Gasteiger partial charge in [0.15, 0.2) is 0 Å². The second-order valence-electron chi connectivity index (χ2n) is 4.71. The van der Waals surface area contributed by atoms with Crippen molar-refractivity contribution in [2.24, 2.45) is 5.41 Å². The maximum Gasteiger partial charge on any atom is 0.123 e. The molecule has 1 aromatic carbocycles. The van der Waals surface area contributed by atoms with E-state index >= 15 is 0 Å². The Morgan fingerprint density at radius 2 is 1.87 bits per heavy atom. The van der Waals surface area contributed by atoms with Crippen molar-refractivity contribution in [3.05, 3.63) is 29.8 Å². The zero-order chi connectivity index (χ0) is 11.5. The molecule has 0 aromatic heterocycles. The van der Waals surface area contributed by atoms with Crippen molar-refractivity contribution in [2.45, 2.75) is 26.7 Å². The maximum absolute atomic E-state index is 5.61. The molecule has 1 rings (SSSR count). The average molecular weight is 202 g/mol. The molecule has 1 heteroatoms. The van der Waals surface area contributed by atoms with Crippen LogP contribution in [0.3, 0.4) is 0 Å². The fourth-order valence-corrected chi connectivity index (χ4v) is 1.71. The Morgan fingerprint density at radius 1 is 1.27 bits per heavy atom. The van der Waals surface area contributed by atoms with E-state index in [1.54, 1.807) is 7.11 Å². The molecular formula is C14H18O. The van der Waals surface area contributed by atoms with Crippen LogP contribution in [0.25, 0.3) is 0 Å². The van der Waals surface area contributed by atoms with Crippen LogP contribution in [-0.2, 0) is 0 Å². The molecule has 1 unspecified atom stereocenters. The van der Waals surface area contributed by atoms with E-state index in [2.05, 4.69) is 26.7 Å². The highest BCUT2D eigenvalue weighted by atomic mass is 16.5. The summed E-state index contributed by atoms with van der Waals surface area (Å²) in [6, 6.07) is 7.94. The Hall–Kier alpha value is -1.42. The van der Waals surface area contributed by atoms with Crippen LogP contribution in [0.1, 0.15) is 32.3 Å². The molecule has 0 heterocycles. The molecule has 0 N–H and O–H groups in total. The smallest absolute Gasteiger partial charge is 0.123 e. The van der Waals surface area contributed by atoms with Gasteiger partial charge in [-0.1, -0.05) is 44.9 Å². The lowest BCUT2D eigenvalue weighted by atomic mass is 9.77. The van der Waals surface area contributed by atoms with Crippen molar-refractivity contribution >= 4 is 0 Å². The predicted molar refractivity (Wildman–Crippen MR) is 64.0 cm³/mol. The number of terminal acetylenes is 1. The van der Waals surface area contributed by atoms with Crippen LogP contribution in [0, 0.1) is 17.8 Å². The van der Waals surface area contributed by atoms with Crippen LogP contribution in [0.4, 0.5) is 0 Å². The number of hydrogen-bond donors (Lipinski definition) is 0. The lowest BCUT2D eigenvalue weighted by molar-refractivity contribution is 0.354. The van der Waals surface area contributed by atoms with E-state index in [4.69, 9.17) is 11.2 Å². The standard InChI is InChI=1S/C14H18O/c1-6-12(14(2,3)4)11-9-7-8-10-13(11)15-5/h1,7-10,12H,2-5H3. The highest BCUT2D eigenvalue weighted by Crippen LogP contribution is 2.38. The Bertz CT molecular complexity index is 366. The van der Waals surface area contributed by atoms with Crippen LogP contribution in [0.5, 0.6) is 5.75 Å². The van der Waals surface area contributed by atoms with Gasteiger partial charge in [0, 0.05) is 5.56 Å². The molecule has 80 valence electrons. The second-order valence-corrected chi connectivity index (χ2v) is 4.71. The molecular weight excluding hydrogens is 184 g/mol. The summed E-state index contributed by atoms with van der Waals surface area (Å²) in [6.45, 7) is 6.43. The summed E-state index contributed by atoms with van der Waals surface area (Å²) < 4.78 is 5.33. The molecule has 1 atom stereocenters. The summed E-state index contributed by atoms with van der Waals surface area (Å²) in [5.41, 5.74) is 1.14. The normalized spacial score (nSPS) is 13.0. The SMILES string of the molecule is C#CC(c1ccccc1OC)C(C)(C)C. The monoisotopic (exact) mass is 202 g/mol. The Balaban J connectivity index is 3.20. The number of para-hydroxylation sites is 1. The van der Waals surface area contributed by atoms with Crippen LogP contribution in [-0.4, -0.2) is 7.11 Å². The number of ether oxygens (including phenoxy) is 1. The Labute approximate surface area is 92.5 Å². The topological polar surface area (TPSA) is 9.23 Å². The van der Waals surface area contributed by atoms with Crippen molar-refractivity contribution in [1.82, 2.24) is 0 Å². The Morgan fingerprint density at radius 3 is 2.33 bits per heavy atom. The van der Waals surface area contributed by atoms with Crippen molar-refractivity contribution < 1.29 is 4.74 Å². The lowest BCUT2D eigenvalue weighted by Crippen LogP contribution is -2.17. The van der Waals surface area contributed by atoms with Gasteiger partial charge in [-0.15, -0.1) is 6.42 Å². The first kappa shape index (κ1) is 11.7.